The lowest BCUT2D eigenvalue weighted by atomic mass is 10.1. The van der Waals surface area contributed by atoms with E-state index in [2.05, 4.69) is 15.4 Å². The first-order valence-corrected chi connectivity index (χ1v) is 9.29. The zero-order valence-electron chi connectivity index (χ0n) is 15.8. The van der Waals surface area contributed by atoms with Crippen molar-refractivity contribution in [2.24, 2.45) is 0 Å². The molecule has 0 saturated carbocycles. The van der Waals surface area contributed by atoms with E-state index in [0.29, 0.717) is 0 Å². The van der Waals surface area contributed by atoms with Crippen LogP contribution in [0.3, 0.4) is 0 Å². The summed E-state index contributed by atoms with van der Waals surface area (Å²) in [6.45, 7) is 3.58. The van der Waals surface area contributed by atoms with Gasteiger partial charge in [0.1, 0.15) is 12.7 Å². The minimum Gasteiger partial charge on any atom is -0.341 e. The van der Waals surface area contributed by atoms with E-state index in [0.717, 1.165) is 37.2 Å². The van der Waals surface area contributed by atoms with Crippen LogP contribution in [0.1, 0.15) is 37.8 Å². The summed E-state index contributed by atoms with van der Waals surface area (Å²) in [5.41, 5.74) is 1.90. The van der Waals surface area contributed by atoms with E-state index in [1.165, 1.54) is 12.7 Å². The van der Waals surface area contributed by atoms with Crippen LogP contribution in [0.2, 0.25) is 0 Å². The van der Waals surface area contributed by atoms with Crippen molar-refractivity contribution in [1.82, 2.24) is 29.9 Å². The van der Waals surface area contributed by atoms with E-state index in [1.54, 1.807) is 23.0 Å². The second-order valence-corrected chi connectivity index (χ2v) is 6.82. The third-order valence-electron chi connectivity index (χ3n) is 5.06. The number of likely N-dealkylation sites (tertiary alicyclic amines) is 1. The molecular formula is C19H26N6O2. The van der Waals surface area contributed by atoms with Gasteiger partial charge in [0.15, 0.2) is 0 Å². The maximum absolute atomic E-state index is 12.4. The number of piperidine rings is 1. The maximum atomic E-state index is 12.4. The van der Waals surface area contributed by atoms with Gasteiger partial charge >= 0.3 is 6.03 Å². The Bertz CT molecular complexity index is 753. The summed E-state index contributed by atoms with van der Waals surface area (Å²) >= 11 is 0. The molecule has 1 aliphatic rings. The number of carbonyl (C=O) groups is 2. The number of hydrogen-bond acceptors (Lipinski definition) is 4. The van der Waals surface area contributed by atoms with Crippen molar-refractivity contribution in [1.29, 1.82) is 0 Å². The number of urea groups is 1. The summed E-state index contributed by atoms with van der Waals surface area (Å²) in [6.07, 6.45) is 6.38. The topological polar surface area (TPSA) is 83.4 Å². The third-order valence-corrected chi connectivity index (χ3v) is 5.06. The number of aromatic nitrogens is 3. The number of nitrogens with zero attached hydrogens (tertiary/aromatic N) is 5. The lowest BCUT2D eigenvalue weighted by Gasteiger charge is -2.28. The van der Waals surface area contributed by atoms with Crippen LogP contribution >= 0.6 is 0 Å². The molecule has 1 aromatic heterocycles. The largest absolute Gasteiger partial charge is 0.341 e. The fourth-order valence-corrected chi connectivity index (χ4v) is 3.18. The molecule has 1 unspecified atom stereocenters. The minimum atomic E-state index is -0.256. The summed E-state index contributed by atoms with van der Waals surface area (Å²) in [4.78, 5) is 32.0. The van der Waals surface area contributed by atoms with Gasteiger partial charge in [-0.3, -0.25) is 4.79 Å². The third kappa shape index (κ3) is 4.64. The van der Waals surface area contributed by atoms with Crippen molar-refractivity contribution in [2.75, 3.05) is 26.7 Å². The quantitative estimate of drug-likeness (QED) is 0.872. The molecule has 0 radical (unpaired) electrons. The lowest BCUT2D eigenvalue weighted by Crippen LogP contribution is -2.46. The monoisotopic (exact) mass is 370 g/mol. The van der Waals surface area contributed by atoms with Crippen molar-refractivity contribution >= 4 is 11.9 Å². The normalized spacial score (nSPS) is 15.3. The average Bonchev–Trinajstić information content (AvgIpc) is 3.26. The second-order valence-electron chi connectivity index (χ2n) is 6.82. The average molecular weight is 370 g/mol. The van der Waals surface area contributed by atoms with Gasteiger partial charge in [-0.1, -0.05) is 12.1 Å². The summed E-state index contributed by atoms with van der Waals surface area (Å²) < 4.78 is 1.68. The smallest absolute Gasteiger partial charge is 0.318 e. The van der Waals surface area contributed by atoms with Gasteiger partial charge < -0.3 is 15.1 Å². The van der Waals surface area contributed by atoms with Gasteiger partial charge in [0, 0.05) is 20.1 Å². The summed E-state index contributed by atoms with van der Waals surface area (Å²) in [7, 11) is 1.73. The van der Waals surface area contributed by atoms with Crippen LogP contribution in [0.15, 0.2) is 36.9 Å². The predicted octanol–water partition coefficient (Wildman–Crippen LogP) is 1.98. The zero-order chi connectivity index (χ0) is 19.2. The molecule has 1 aromatic carbocycles. The van der Waals surface area contributed by atoms with Gasteiger partial charge in [-0.05, 0) is 43.9 Å². The zero-order valence-corrected chi connectivity index (χ0v) is 15.8. The van der Waals surface area contributed by atoms with Crippen LogP contribution in [0.25, 0.3) is 5.69 Å². The van der Waals surface area contributed by atoms with Gasteiger partial charge in [0.05, 0.1) is 18.3 Å². The summed E-state index contributed by atoms with van der Waals surface area (Å²) in [5, 5.41) is 6.84. The molecule has 0 spiro atoms. The fraction of sp³-hybridized carbons (Fsp3) is 0.474. The number of amides is 3. The highest BCUT2D eigenvalue weighted by atomic mass is 16.2. The van der Waals surface area contributed by atoms with Crippen LogP contribution in [-0.2, 0) is 4.79 Å². The van der Waals surface area contributed by atoms with E-state index in [9.17, 15) is 9.59 Å². The van der Waals surface area contributed by atoms with Crippen molar-refractivity contribution in [2.45, 2.75) is 32.2 Å². The predicted molar refractivity (Wildman–Crippen MR) is 101 cm³/mol. The standard InChI is InChI=1S/C19H26N6O2/c1-15(16-6-8-17(9-7-16)25-14-20-13-22-25)23(2)19(27)21-12-18(26)24-10-4-3-5-11-24/h6-9,13-15H,3-5,10-12H2,1-2H3,(H,21,27). The van der Waals surface area contributed by atoms with Gasteiger partial charge in [0.2, 0.25) is 5.91 Å². The van der Waals surface area contributed by atoms with Gasteiger partial charge in [-0.15, -0.1) is 0 Å². The first kappa shape index (κ1) is 18.9. The molecule has 1 aliphatic heterocycles. The Kier molecular flexibility index (Phi) is 6.05. The molecule has 27 heavy (non-hydrogen) atoms. The molecule has 8 heteroatoms. The summed E-state index contributed by atoms with van der Waals surface area (Å²) in [6, 6.07) is 7.42. The van der Waals surface area contributed by atoms with E-state index in [1.807, 2.05) is 36.1 Å². The second kappa shape index (κ2) is 8.66. The minimum absolute atomic E-state index is 0.0127. The molecule has 8 nitrogen and oxygen atoms in total. The molecule has 0 aliphatic carbocycles. The Hall–Kier alpha value is -2.90. The highest BCUT2D eigenvalue weighted by Gasteiger charge is 2.20. The molecule has 2 aromatic rings. The van der Waals surface area contributed by atoms with Crippen molar-refractivity contribution in [3.8, 4) is 5.69 Å². The van der Waals surface area contributed by atoms with Crippen LogP contribution in [0.5, 0.6) is 0 Å². The van der Waals surface area contributed by atoms with Crippen LogP contribution in [0, 0.1) is 0 Å². The van der Waals surface area contributed by atoms with Gasteiger partial charge in [-0.2, -0.15) is 5.10 Å². The number of carbonyl (C=O) groups excluding carboxylic acids is 2. The van der Waals surface area contributed by atoms with E-state index in [-0.39, 0.29) is 24.5 Å². The Labute approximate surface area is 159 Å². The molecule has 3 amide bonds. The van der Waals surface area contributed by atoms with E-state index in [4.69, 9.17) is 0 Å². The number of rotatable bonds is 5. The highest BCUT2D eigenvalue weighted by Crippen LogP contribution is 2.20. The molecule has 1 fully saturated rings. The molecule has 2 heterocycles. The number of nitrogens with one attached hydrogen (secondary N) is 1. The number of benzene rings is 1. The molecule has 144 valence electrons. The Balaban J connectivity index is 1.53. The van der Waals surface area contributed by atoms with Crippen molar-refractivity contribution in [3.63, 3.8) is 0 Å². The van der Waals surface area contributed by atoms with Crippen molar-refractivity contribution < 1.29 is 9.59 Å². The first-order chi connectivity index (χ1) is 13.1. The maximum Gasteiger partial charge on any atom is 0.318 e. The molecule has 3 rings (SSSR count). The Morgan fingerprint density at radius 1 is 1.19 bits per heavy atom. The number of hydrogen-bond donors (Lipinski definition) is 1. The van der Waals surface area contributed by atoms with Crippen LogP contribution < -0.4 is 5.32 Å². The van der Waals surface area contributed by atoms with E-state index >= 15 is 0 Å². The molecule has 1 saturated heterocycles. The molecule has 0 bridgehead atoms. The highest BCUT2D eigenvalue weighted by molar-refractivity contribution is 5.84. The molecule has 1 N–H and O–H groups in total. The van der Waals surface area contributed by atoms with Crippen LogP contribution in [-0.4, -0.2) is 63.2 Å². The SMILES string of the molecule is CC(c1ccc(-n2cncn2)cc1)N(C)C(=O)NCC(=O)N1CCCCC1. The first-order valence-electron chi connectivity index (χ1n) is 9.29. The summed E-state index contributed by atoms with van der Waals surface area (Å²) in [5.74, 6) is -0.0127. The van der Waals surface area contributed by atoms with Gasteiger partial charge in [-0.25, -0.2) is 14.5 Å². The van der Waals surface area contributed by atoms with E-state index < -0.39 is 0 Å². The van der Waals surface area contributed by atoms with Crippen LogP contribution in [0.4, 0.5) is 4.79 Å². The Morgan fingerprint density at radius 2 is 1.89 bits per heavy atom. The lowest BCUT2D eigenvalue weighted by molar-refractivity contribution is -0.130. The molecule has 1 atom stereocenters. The molecular weight excluding hydrogens is 344 g/mol. The Morgan fingerprint density at radius 3 is 2.52 bits per heavy atom. The van der Waals surface area contributed by atoms with Crippen molar-refractivity contribution in [3.05, 3.63) is 42.5 Å². The fourth-order valence-electron chi connectivity index (χ4n) is 3.18. The van der Waals surface area contributed by atoms with Gasteiger partial charge in [0.25, 0.3) is 0 Å².